The van der Waals surface area contributed by atoms with E-state index < -0.39 is 0 Å². The van der Waals surface area contributed by atoms with Crippen LogP contribution in [0.3, 0.4) is 0 Å². The molecule has 0 unspecified atom stereocenters. The number of nitrogens with zero attached hydrogens (tertiary/aromatic N) is 1. The van der Waals surface area contributed by atoms with E-state index in [-0.39, 0.29) is 0 Å². The molecule has 2 nitrogen and oxygen atoms in total. The summed E-state index contributed by atoms with van der Waals surface area (Å²) in [5.74, 6) is 1.79. The fourth-order valence-corrected chi connectivity index (χ4v) is 2.44. The number of piperidine rings is 1. The zero-order valence-corrected chi connectivity index (χ0v) is 12.2. The van der Waals surface area contributed by atoms with Crippen molar-refractivity contribution in [1.29, 1.82) is 0 Å². The largest absolute Gasteiger partial charge is 0.381 e. The minimum absolute atomic E-state index is 0.833. The standard InChI is InChI=1S/C11H21NO.C4H10/c1-10-2-6-12(7-3-10)11-4-8-13-9-5-11;1-4(2)3/h10-11H,2-9H2,1H3;4H,1-3H3. The Morgan fingerprint density at radius 3 is 1.88 bits per heavy atom. The third-order valence-electron chi connectivity index (χ3n) is 3.53. The molecule has 2 fully saturated rings. The quantitative estimate of drug-likeness (QED) is 0.696. The molecule has 0 N–H and O–H groups in total. The molecule has 2 rings (SSSR count). The normalized spacial score (nSPS) is 24.5. The van der Waals surface area contributed by atoms with Gasteiger partial charge >= 0.3 is 0 Å². The molecule has 0 aliphatic carbocycles. The molecule has 0 amide bonds. The van der Waals surface area contributed by atoms with Crippen molar-refractivity contribution in [2.75, 3.05) is 26.3 Å². The van der Waals surface area contributed by atoms with Crippen molar-refractivity contribution in [3.63, 3.8) is 0 Å². The first-order valence-corrected chi connectivity index (χ1v) is 7.41. The van der Waals surface area contributed by atoms with Gasteiger partial charge in [-0.25, -0.2) is 0 Å². The average Bonchev–Trinajstić information content (AvgIpc) is 2.30. The van der Waals surface area contributed by atoms with E-state index in [2.05, 4.69) is 32.6 Å². The van der Waals surface area contributed by atoms with Gasteiger partial charge in [0.1, 0.15) is 0 Å². The van der Waals surface area contributed by atoms with E-state index in [0.717, 1.165) is 31.1 Å². The van der Waals surface area contributed by atoms with Gasteiger partial charge < -0.3 is 9.64 Å². The Labute approximate surface area is 108 Å². The Bertz CT molecular complexity index is 177. The molecule has 2 heteroatoms. The topological polar surface area (TPSA) is 12.5 Å². The van der Waals surface area contributed by atoms with Gasteiger partial charge in [-0.3, -0.25) is 0 Å². The van der Waals surface area contributed by atoms with Gasteiger partial charge in [-0.05, 0) is 50.6 Å². The molecule has 0 aromatic rings. The van der Waals surface area contributed by atoms with Gasteiger partial charge in [0.05, 0.1) is 0 Å². The number of likely N-dealkylation sites (tertiary alicyclic amines) is 1. The molecule has 2 aliphatic rings. The third-order valence-corrected chi connectivity index (χ3v) is 3.53. The molecule has 2 saturated heterocycles. The van der Waals surface area contributed by atoms with E-state index in [1.54, 1.807) is 0 Å². The molecule has 0 saturated carbocycles. The lowest BCUT2D eigenvalue weighted by molar-refractivity contribution is 0.0222. The van der Waals surface area contributed by atoms with Crippen LogP contribution in [0.4, 0.5) is 0 Å². The zero-order valence-electron chi connectivity index (χ0n) is 12.2. The third kappa shape index (κ3) is 6.42. The van der Waals surface area contributed by atoms with Crippen LogP contribution >= 0.6 is 0 Å². The summed E-state index contributed by atoms with van der Waals surface area (Å²) in [5, 5.41) is 0. The SMILES string of the molecule is CC(C)C.CC1CCN(C2CCOCC2)CC1. The van der Waals surface area contributed by atoms with Crippen molar-refractivity contribution in [1.82, 2.24) is 4.90 Å². The summed E-state index contributed by atoms with van der Waals surface area (Å²) in [5.41, 5.74) is 0. The molecule has 2 aliphatic heterocycles. The second-order valence-electron chi connectivity index (χ2n) is 6.29. The summed E-state index contributed by atoms with van der Waals surface area (Å²) in [6.07, 6.45) is 5.32. The molecule has 0 atom stereocenters. The first-order chi connectivity index (χ1) is 8.09. The maximum absolute atomic E-state index is 5.38. The molecule has 0 bridgehead atoms. The van der Waals surface area contributed by atoms with Crippen molar-refractivity contribution in [3.05, 3.63) is 0 Å². The highest BCUT2D eigenvalue weighted by atomic mass is 16.5. The lowest BCUT2D eigenvalue weighted by Crippen LogP contribution is -2.43. The molecular formula is C15H31NO. The molecular weight excluding hydrogens is 210 g/mol. The summed E-state index contributed by atoms with van der Waals surface area (Å²) in [4.78, 5) is 2.68. The maximum atomic E-state index is 5.38. The monoisotopic (exact) mass is 241 g/mol. The summed E-state index contributed by atoms with van der Waals surface area (Å²) >= 11 is 0. The van der Waals surface area contributed by atoms with Crippen LogP contribution in [-0.2, 0) is 4.74 Å². The van der Waals surface area contributed by atoms with Crippen molar-refractivity contribution in [2.24, 2.45) is 11.8 Å². The van der Waals surface area contributed by atoms with E-state index in [4.69, 9.17) is 4.74 Å². The Morgan fingerprint density at radius 2 is 1.41 bits per heavy atom. The minimum Gasteiger partial charge on any atom is -0.381 e. The van der Waals surface area contributed by atoms with Gasteiger partial charge in [0.15, 0.2) is 0 Å². The van der Waals surface area contributed by atoms with Crippen molar-refractivity contribution < 1.29 is 4.74 Å². The van der Waals surface area contributed by atoms with Crippen LogP contribution in [0.2, 0.25) is 0 Å². The number of rotatable bonds is 1. The second kappa shape index (κ2) is 8.10. The van der Waals surface area contributed by atoms with Crippen molar-refractivity contribution in [3.8, 4) is 0 Å². The van der Waals surface area contributed by atoms with Crippen molar-refractivity contribution >= 4 is 0 Å². The highest BCUT2D eigenvalue weighted by Gasteiger charge is 2.24. The Kier molecular flexibility index (Phi) is 7.14. The molecule has 102 valence electrons. The van der Waals surface area contributed by atoms with E-state index in [0.29, 0.717) is 0 Å². The van der Waals surface area contributed by atoms with Gasteiger partial charge in [-0.2, -0.15) is 0 Å². The summed E-state index contributed by atoms with van der Waals surface area (Å²) in [6.45, 7) is 13.5. The molecule has 2 heterocycles. The van der Waals surface area contributed by atoms with Gasteiger partial charge in [0.25, 0.3) is 0 Å². The zero-order chi connectivity index (χ0) is 12.7. The lowest BCUT2D eigenvalue weighted by Gasteiger charge is -2.38. The molecule has 0 spiro atoms. The van der Waals surface area contributed by atoms with Gasteiger partial charge in [-0.1, -0.05) is 27.7 Å². The van der Waals surface area contributed by atoms with Crippen LogP contribution in [0.25, 0.3) is 0 Å². The first kappa shape index (κ1) is 15.0. The number of ether oxygens (including phenoxy) is 1. The summed E-state index contributed by atoms with van der Waals surface area (Å²) in [6, 6.07) is 0.834. The van der Waals surface area contributed by atoms with E-state index >= 15 is 0 Å². The predicted octanol–water partition coefficient (Wildman–Crippen LogP) is 3.56. The van der Waals surface area contributed by atoms with E-state index in [1.165, 1.54) is 38.8 Å². The Balaban J connectivity index is 0.000000317. The lowest BCUT2D eigenvalue weighted by atomic mass is 9.96. The Morgan fingerprint density at radius 1 is 0.941 bits per heavy atom. The summed E-state index contributed by atoms with van der Waals surface area (Å²) < 4.78 is 5.38. The fourth-order valence-electron chi connectivity index (χ4n) is 2.44. The number of hydrogen-bond acceptors (Lipinski definition) is 2. The van der Waals surface area contributed by atoms with Gasteiger partial charge in [0.2, 0.25) is 0 Å². The highest BCUT2D eigenvalue weighted by Crippen LogP contribution is 2.22. The van der Waals surface area contributed by atoms with E-state index in [9.17, 15) is 0 Å². The number of hydrogen-bond donors (Lipinski definition) is 0. The second-order valence-corrected chi connectivity index (χ2v) is 6.29. The van der Waals surface area contributed by atoms with Gasteiger partial charge in [-0.15, -0.1) is 0 Å². The van der Waals surface area contributed by atoms with Crippen LogP contribution in [0.1, 0.15) is 53.4 Å². The first-order valence-electron chi connectivity index (χ1n) is 7.41. The van der Waals surface area contributed by atoms with Crippen LogP contribution in [0.15, 0.2) is 0 Å². The smallest absolute Gasteiger partial charge is 0.0480 e. The molecule has 0 radical (unpaired) electrons. The van der Waals surface area contributed by atoms with E-state index in [1.807, 2.05) is 0 Å². The van der Waals surface area contributed by atoms with Crippen LogP contribution in [-0.4, -0.2) is 37.2 Å². The average molecular weight is 241 g/mol. The maximum Gasteiger partial charge on any atom is 0.0480 e. The summed E-state index contributed by atoms with van der Waals surface area (Å²) in [7, 11) is 0. The van der Waals surface area contributed by atoms with Crippen LogP contribution in [0.5, 0.6) is 0 Å². The van der Waals surface area contributed by atoms with Crippen LogP contribution < -0.4 is 0 Å². The van der Waals surface area contributed by atoms with Crippen molar-refractivity contribution in [2.45, 2.75) is 59.4 Å². The minimum atomic E-state index is 0.833. The van der Waals surface area contributed by atoms with Gasteiger partial charge in [0, 0.05) is 19.3 Å². The Hall–Kier alpha value is -0.0800. The predicted molar refractivity (Wildman–Crippen MR) is 74.3 cm³/mol. The molecule has 17 heavy (non-hydrogen) atoms. The molecule has 0 aromatic carbocycles. The van der Waals surface area contributed by atoms with Crippen LogP contribution in [0, 0.1) is 11.8 Å². The highest BCUT2D eigenvalue weighted by molar-refractivity contribution is 4.78. The fraction of sp³-hybridized carbons (Fsp3) is 1.00. The molecule has 0 aromatic heterocycles.